The van der Waals surface area contributed by atoms with Gasteiger partial charge in [0, 0.05) is 6.54 Å². The van der Waals surface area contributed by atoms with Crippen LogP contribution in [0.3, 0.4) is 0 Å². The quantitative estimate of drug-likeness (QED) is 0.867. The lowest BCUT2D eigenvalue weighted by molar-refractivity contribution is 0.458. The first-order chi connectivity index (χ1) is 7.18. The maximum Gasteiger partial charge on any atom is 0.178 e. The predicted octanol–water partition coefficient (Wildman–Crippen LogP) is 3.55. The molecule has 1 aromatic heterocycles. The van der Waals surface area contributed by atoms with Gasteiger partial charge in [-0.25, -0.2) is 0 Å². The number of hydrogen-bond acceptors (Lipinski definition) is 3. The fourth-order valence-corrected chi connectivity index (χ4v) is 1.63. The highest BCUT2D eigenvalue weighted by atomic mass is 35.5. The molecule has 3 nitrogen and oxygen atoms in total. The van der Waals surface area contributed by atoms with Gasteiger partial charge in [0.2, 0.25) is 0 Å². The third kappa shape index (κ3) is 2.07. The highest BCUT2D eigenvalue weighted by Crippen LogP contribution is 2.29. The number of aromatic nitrogens is 1. The normalized spacial score (nSPS) is 11.2. The minimum absolute atomic E-state index is 0.555. The molecule has 0 spiro atoms. The molecule has 0 aliphatic carbocycles. The zero-order valence-electron chi connectivity index (χ0n) is 8.75. The number of nitrogens with zero attached hydrogens (tertiary/aromatic N) is 1. The van der Waals surface area contributed by atoms with E-state index in [1.807, 2.05) is 18.2 Å². The number of fused-ring (bicyclic) bond motifs is 1. The fourth-order valence-electron chi connectivity index (χ4n) is 1.37. The summed E-state index contributed by atoms with van der Waals surface area (Å²) in [5.74, 6) is 1.28. The second-order valence-electron chi connectivity index (χ2n) is 3.92. The van der Waals surface area contributed by atoms with Gasteiger partial charge in [0.15, 0.2) is 11.4 Å². The molecule has 2 rings (SSSR count). The zero-order valence-corrected chi connectivity index (χ0v) is 9.51. The van der Waals surface area contributed by atoms with E-state index in [1.54, 1.807) is 0 Å². The van der Waals surface area contributed by atoms with E-state index in [0.29, 0.717) is 16.5 Å². The maximum absolute atomic E-state index is 6.08. The van der Waals surface area contributed by atoms with Crippen molar-refractivity contribution in [2.75, 3.05) is 11.9 Å². The van der Waals surface area contributed by atoms with Gasteiger partial charge in [-0.1, -0.05) is 36.7 Å². The largest absolute Gasteiger partial charge is 0.366 e. The third-order valence-corrected chi connectivity index (χ3v) is 2.44. The van der Waals surface area contributed by atoms with Crippen molar-refractivity contribution in [3.05, 3.63) is 23.2 Å². The van der Waals surface area contributed by atoms with Gasteiger partial charge >= 0.3 is 0 Å². The van der Waals surface area contributed by atoms with Gasteiger partial charge in [-0.2, -0.15) is 0 Å². The van der Waals surface area contributed by atoms with E-state index in [2.05, 4.69) is 24.3 Å². The number of nitrogens with one attached hydrogen (secondary N) is 1. The van der Waals surface area contributed by atoms with Gasteiger partial charge in [-0.15, -0.1) is 0 Å². The minimum Gasteiger partial charge on any atom is -0.366 e. The summed E-state index contributed by atoms with van der Waals surface area (Å²) >= 11 is 6.08. The third-order valence-electron chi connectivity index (χ3n) is 2.13. The van der Waals surface area contributed by atoms with E-state index in [9.17, 15) is 0 Å². The van der Waals surface area contributed by atoms with Crippen LogP contribution in [-0.4, -0.2) is 11.7 Å². The molecule has 0 saturated carbocycles. The average molecular weight is 225 g/mol. The van der Waals surface area contributed by atoms with Gasteiger partial charge in [-0.05, 0) is 18.1 Å². The van der Waals surface area contributed by atoms with Gasteiger partial charge < -0.3 is 9.84 Å². The summed E-state index contributed by atoms with van der Waals surface area (Å²) in [5, 5.41) is 8.70. The molecule has 0 aliphatic heterocycles. The predicted molar refractivity (Wildman–Crippen MR) is 62.3 cm³/mol. The van der Waals surface area contributed by atoms with Crippen molar-refractivity contribution in [2.45, 2.75) is 13.8 Å². The number of benzene rings is 1. The SMILES string of the molecule is CC(C)CNc1noc2cccc(Cl)c12. The van der Waals surface area contributed by atoms with Gasteiger partial charge in [-0.3, -0.25) is 0 Å². The van der Waals surface area contributed by atoms with E-state index in [0.717, 1.165) is 17.7 Å². The van der Waals surface area contributed by atoms with E-state index in [1.165, 1.54) is 0 Å². The molecule has 2 aromatic rings. The highest BCUT2D eigenvalue weighted by Gasteiger charge is 2.10. The van der Waals surface area contributed by atoms with Crippen LogP contribution in [0.4, 0.5) is 5.82 Å². The molecule has 0 radical (unpaired) electrons. The van der Waals surface area contributed by atoms with Gasteiger partial charge in [0.05, 0.1) is 10.4 Å². The summed E-state index contributed by atoms with van der Waals surface area (Å²) in [7, 11) is 0. The molecular weight excluding hydrogens is 212 g/mol. The monoisotopic (exact) mass is 224 g/mol. The molecule has 1 aromatic carbocycles. The second-order valence-corrected chi connectivity index (χ2v) is 4.33. The van der Waals surface area contributed by atoms with Crippen molar-refractivity contribution in [3.63, 3.8) is 0 Å². The lowest BCUT2D eigenvalue weighted by atomic mass is 10.2. The van der Waals surface area contributed by atoms with Gasteiger partial charge in [0.1, 0.15) is 0 Å². The summed E-state index contributed by atoms with van der Waals surface area (Å²) in [4.78, 5) is 0. The van der Waals surface area contributed by atoms with E-state index in [-0.39, 0.29) is 0 Å². The minimum atomic E-state index is 0.555. The first-order valence-electron chi connectivity index (χ1n) is 4.96. The topological polar surface area (TPSA) is 38.1 Å². The van der Waals surface area contributed by atoms with Crippen LogP contribution in [0.5, 0.6) is 0 Å². The Bertz CT molecular complexity index is 465. The maximum atomic E-state index is 6.08. The van der Waals surface area contributed by atoms with Crippen molar-refractivity contribution in [3.8, 4) is 0 Å². The molecule has 0 saturated heterocycles. The van der Waals surface area contributed by atoms with Crippen molar-refractivity contribution in [1.29, 1.82) is 0 Å². The number of anilines is 1. The molecule has 1 N–H and O–H groups in total. The lowest BCUT2D eigenvalue weighted by Crippen LogP contribution is -2.08. The van der Waals surface area contributed by atoms with E-state index < -0.39 is 0 Å². The van der Waals surface area contributed by atoms with E-state index in [4.69, 9.17) is 16.1 Å². The number of rotatable bonds is 3. The average Bonchev–Trinajstić information content (AvgIpc) is 2.59. The molecular formula is C11H13ClN2O. The lowest BCUT2D eigenvalue weighted by Gasteiger charge is -2.05. The summed E-state index contributed by atoms with van der Waals surface area (Å²) in [6, 6.07) is 5.54. The zero-order chi connectivity index (χ0) is 10.8. The van der Waals surface area contributed by atoms with Crippen LogP contribution in [0.25, 0.3) is 11.0 Å². The molecule has 0 fully saturated rings. The molecule has 0 unspecified atom stereocenters. The molecule has 15 heavy (non-hydrogen) atoms. The highest BCUT2D eigenvalue weighted by molar-refractivity contribution is 6.36. The Morgan fingerprint density at radius 1 is 1.47 bits per heavy atom. The van der Waals surface area contributed by atoms with Crippen LogP contribution in [-0.2, 0) is 0 Å². The van der Waals surface area contributed by atoms with Crippen LogP contribution in [0.1, 0.15) is 13.8 Å². The summed E-state index contributed by atoms with van der Waals surface area (Å²) in [6.45, 7) is 5.13. The summed E-state index contributed by atoms with van der Waals surface area (Å²) in [6.07, 6.45) is 0. The van der Waals surface area contributed by atoms with Crippen LogP contribution >= 0.6 is 11.6 Å². The van der Waals surface area contributed by atoms with Crippen LogP contribution in [0.2, 0.25) is 5.02 Å². The second kappa shape index (κ2) is 4.11. The van der Waals surface area contributed by atoms with Gasteiger partial charge in [0.25, 0.3) is 0 Å². The summed E-state index contributed by atoms with van der Waals surface area (Å²) < 4.78 is 5.17. The molecule has 0 atom stereocenters. The molecule has 0 bridgehead atoms. The van der Waals surface area contributed by atoms with Crippen LogP contribution < -0.4 is 5.32 Å². The molecule has 0 amide bonds. The Balaban J connectivity index is 2.35. The first kappa shape index (κ1) is 10.3. The van der Waals surface area contributed by atoms with Crippen LogP contribution in [0.15, 0.2) is 22.7 Å². The van der Waals surface area contributed by atoms with Crippen LogP contribution in [0, 0.1) is 5.92 Å². The van der Waals surface area contributed by atoms with Crippen molar-refractivity contribution in [1.82, 2.24) is 5.16 Å². The van der Waals surface area contributed by atoms with Crippen molar-refractivity contribution < 1.29 is 4.52 Å². The molecule has 4 heteroatoms. The Hall–Kier alpha value is -1.22. The van der Waals surface area contributed by atoms with Crippen molar-refractivity contribution >= 4 is 28.4 Å². The molecule has 80 valence electrons. The Morgan fingerprint density at radius 3 is 3.00 bits per heavy atom. The number of hydrogen-bond donors (Lipinski definition) is 1. The first-order valence-corrected chi connectivity index (χ1v) is 5.34. The molecule has 1 heterocycles. The smallest absolute Gasteiger partial charge is 0.178 e. The van der Waals surface area contributed by atoms with E-state index >= 15 is 0 Å². The Morgan fingerprint density at radius 2 is 2.27 bits per heavy atom. The standard InChI is InChI=1S/C11H13ClN2O/c1-7(2)6-13-11-10-8(12)4-3-5-9(10)15-14-11/h3-5,7H,6H2,1-2H3,(H,13,14). The summed E-state index contributed by atoms with van der Waals surface area (Å²) in [5.41, 5.74) is 0.716. The fraction of sp³-hybridized carbons (Fsp3) is 0.364. The molecule has 0 aliphatic rings. The Kier molecular flexibility index (Phi) is 2.82. The number of halogens is 1. The van der Waals surface area contributed by atoms with Crippen molar-refractivity contribution in [2.24, 2.45) is 5.92 Å². The Labute approximate surface area is 93.4 Å².